The number of hydrogen-bond acceptors (Lipinski definition) is 5. The second-order valence-electron chi connectivity index (χ2n) is 7.17. The van der Waals surface area contributed by atoms with Gasteiger partial charge in [0.25, 0.3) is 0 Å². The second kappa shape index (κ2) is 8.14. The van der Waals surface area contributed by atoms with Crippen molar-refractivity contribution < 1.29 is 0 Å². The van der Waals surface area contributed by atoms with Crippen LogP contribution in [-0.2, 0) is 27.2 Å². The summed E-state index contributed by atoms with van der Waals surface area (Å²) < 4.78 is 3.86. The fourth-order valence-corrected chi connectivity index (χ4v) is 4.10. The molecule has 0 radical (unpaired) electrons. The molecule has 0 saturated carbocycles. The third-order valence-corrected chi connectivity index (χ3v) is 6.11. The molecule has 3 aromatic rings. The smallest absolute Gasteiger partial charge is 0.194 e. The molecule has 0 aliphatic carbocycles. The van der Waals surface area contributed by atoms with Crippen LogP contribution in [0.1, 0.15) is 34.4 Å². The van der Waals surface area contributed by atoms with Gasteiger partial charge in [-0.3, -0.25) is 4.68 Å². The highest BCUT2D eigenvalue weighted by molar-refractivity contribution is 7.09. The van der Waals surface area contributed by atoms with Gasteiger partial charge in [0.05, 0.1) is 12.7 Å². The van der Waals surface area contributed by atoms with Gasteiger partial charge in [-0.15, -0.1) is 21.5 Å². The fraction of sp³-hybridized carbons (Fsp3) is 0.474. The Kier molecular flexibility index (Phi) is 5.43. The Balaban J connectivity index is 1.48. The molecule has 28 heavy (non-hydrogen) atoms. The molecule has 1 fully saturated rings. The number of thiophene rings is 1. The molecule has 1 atom stereocenters. The fourth-order valence-electron chi connectivity index (χ4n) is 3.46. The van der Waals surface area contributed by atoms with E-state index in [0.717, 1.165) is 43.7 Å². The first-order valence-corrected chi connectivity index (χ1v) is 10.4. The Bertz CT molecular complexity index is 939. The van der Waals surface area contributed by atoms with Crippen LogP contribution < -0.4 is 5.32 Å². The number of aromatic nitrogens is 5. The SMILES string of the molecule is Cc1nnc(CN=C(NCc2cccs2)N2CCC(c3cnn(C)c3)C2)n1C. The molecule has 0 spiro atoms. The summed E-state index contributed by atoms with van der Waals surface area (Å²) in [6.45, 7) is 5.17. The van der Waals surface area contributed by atoms with Crippen molar-refractivity contribution in [3.05, 3.63) is 52.0 Å². The number of aliphatic imine (C=N–C) groups is 1. The van der Waals surface area contributed by atoms with E-state index in [1.165, 1.54) is 10.4 Å². The van der Waals surface area contributed by atoms with Crippen molar-refractivity contribution in [3.8, 4) is 0 Å². The highest BCUT2D eigenvalue weighted by atomic mass is 32.1. The van der Waals surface area contributed by atoms with E-state index in [9.17, 15) is 0 Å². The van der Waals surface area contributed by atoms with Crippen LogP contribution in [-0.4, -0.2) is 48.5 Å². The summed E-state index contributed by atoms with van der Waals surface area (Å²) in [6.07, 6.45) is 5.20. The van der Waals surface area contributed by atoms with Gasteiger partial charge >= 0.3 is 0 Å². The van der Waals surface area contributed by atoms with Gasteiger partial charge in [-0.2, -0.15) is 5.10 Å². The lowest BCUT2D eigenvalue weighted by molar-refractivity contribution is 0.483. The quantitative estimate of drug-likeness (QED) is 0.526. The molecule has 0 amide bonds. The summed E-state index contributed by atoms with van der Waals surface area (Å²) in [5, 5.41) is 18.3. The third kappa shape index (κ3) is 4.09. The summed E-state index contributed by atoms with van der Waals surface area (Å²) >= 11 is 1.75. The Morgan fingerprint density at radius 3 is 2.93 bits per heavy atom. The zero-order valence-corrected chi connectivity index (χ0v) is 17.4. The van der Waals surface area contributed by atoms with Crippen LogP contribution in [0.4, 0.5) is 0 Å². The normalized spacial score (nSPS) is 17.5. The molecule has 1 aliphatic rings. The van der Waals surface area contributed by atoms with Gasteiger partial charge in [0.1, 0.15) is 12.4 Å². The molecule has 1 aliphatic heterocycles. The number of nitrogens with one attached hydrogen (secondary N) is 1. The Morgan fingerprint density at radius 2 is 2.25 bits per heavy atom. The molecule has 0 aromatic carbocycles. The maximum Gasteiger partial charge on any atom is 0.194 e. The molecule has 3 aromatic heterocycles. The van der Waals surface area contributed by atoms with Crippen molar-refractivity contribution in [1.82, 2.24) is 34.8 Å². The van der Waals surface area contributed by atoms with Gasteiger partial charge in [-0.25, -0.2) is 4.99 Å². The largest absolute Gasteiger partial charge is 0.351 e. The van der Waals surface area contributed by atoms with Crippen molar-refractivity contribution >= 4 is 17.3 Å². The molecular formula is C19H26N8S. The molecule has 4 heterocycles. The van der Waals surface area contributed by atoms with Gasteiger partial charge < -0.3 is 14.8 Å². The topological polar surface area (TPSA) is 76.2 Å². The molecule has 8 nitrogen and oxygen atoms in total. The lowest BCUT2D eigenvalue weighted by Gasteiger charge is -2.22. The van der Waals surface area contributed by atoms with Crippen LogP contribution in [0.3, 0.4) is 0 Å². The van der Waals surface area contributed by atoms with Crippen molar-refractivity contribution in [2.24, 2.45) is 19.1 Å². The van der Waals surface area contributed by atoms with Crippen LogP contribution in [0, 0.1) is 6.92 Å². The lowest BCUT2D eigenvalue weighted by atomic mass is 10.0. The highest BCUT2D eigenvalue weighted by Crippen LogP contribution is 2.26. The number of likely N-dealkylation sites (tertiary alicyclic amines) is 1. The Morgan fingerprint density at radius 1 is 1.36 bits per heavy atom. The third-order valence-electron chi connectivity index (χ3n) is 5.24. The minimum absolute atomic E-state index is 0.486. The summed E-state index contributed by atoms with van der Waals surface area (Å²) in [5.74, 6) is 3.19. The first kappa shape index (κ1) is 18.7. The predicted octanol–water partition coefficient (Wildman–Crippen LogP) is 2.05. The Labute approximate surface area is 168 Å². The zero-order valence-electron chi connectivity index (χ0n) is 16.5. The maximum absolute atomic E-state index is 4.87. The summed E-state index contributed by atoms with van der Waals surface area (Å²) in [7, 11) is 3.95. The predicted molar refractivity (Wildman–Crippen MR) is 110 cm³/mol. The highest BCUT2D eigenvalue weighted by Gasteiger charge is 2.27. The van der Waals surface area contributed by atoms with Crippen molar-refractivity contribution in [3.63, 3.8) is 0 Å². The van der Waals surface area contributed by atoms with Gasteiger partial charge in [0.15, 0.2) is 11.8 Å². The summed E-state index contributed by atoms with van der Waals surface area (Å²) in [4.78, 5) is 8.51. The average molecular weight is 399 g/mol. The van der Waals surface area contributed by atoms with Crippen molar-refractivity contribution in [2.45, 2.75) is 32.4 Å². The minimum Gasteiger partial charge on any atom is -0.351 e. The van der Waals surface area contributed by atoms with Gasteiger partial charge in [0.2, 0.25) is 0 Å². The molecule has 1 unspecified atom stereocenters. The number of guanidine groups is 1. The number of rotatable bonds is 5. The molecule has 1 saturated heterocycles. The molecule has 4 rings (SSSR count). The first-order valence-electron chi connectivity index (χ1n) is 9.49. The van der Waals surface area contributed by atoms with Crippen LogP contribution >= 0.6 is 11.3 Å². The first-order chi connectivity index (χ1) is 13.6. The van der Waals surface area contributed by atoms with Crippen LogP contribution in [0.2, 0.25) is 0 Å². The van der Waals surface area contributed by atoms with E-state index >= 15 is 0 Å². The van der Waals surface area contributed by atoms with E-state index in [-0.39, 0.29) is 0 Å². The van der Waals surface area contributed by atoms with Crippen LogP contribution in [0.15, 0.2) is 34.9 Å². The van der Waals surface area contributed by atoms with Crippen molar-refractivity contribution in [2.75, 3.05) is 13.1 Å². The van der Waals surface area contributed by atoms with E-state index in [4.69, 9.17) is 4.99 Å². The van der Waals surface area contributed by atoms with Crippen LogP contribution in [0.25, 0.3) is 0 Å². The minimum atomic E-state index is 0.486. The molecular weight excluding hydrogens is 372 g/mol. The monoisotopic (exact) mass is 398 g/mol. The lowest BCUT2D eigenvalue weighted by Crippen LogP contribution is -2.39. The molecule has 1 N–H and O–H groups in total. The van der Waals surface area contributed by atoms with Crippen LogP contribution in [0.5, 0.6) is 0 Å². The standard InChI is InChI=1S/C19H26N8S/c1-14-23-24-18(26(14)3)11-21-19(20-10-17-5-4-8-28-17)27-7-6-15(13-27)16-9-22-25(2)12-16/h4-5,8-9,12,15H,6-7,10-11,13H2,1-3H3,(H,20,21). The van der Waals surface area contributed by atoms with Crippen molar-refractivity contribution in [1.29, 1.82) is 0 Å². The molecule has 148 valence electrons. The van der Waals surface area contributed by atoms with E-state index in [1.807, 2.05) is 36.5 Å². The maximum atomic E-state index is 4.87. The molecule has 9 heteroatoms. The van der Waals surface area contributed by atoms with E-state index in [2.05, 4.69) is 49.2 Å². The number of nitrogens with zero attached hydrogens (tertiary/aromatic N) is 7. The number of hydrogen-bond donors (Lipinski definition) is 1. The van der Waals surface area contributed by atoms with Gasteiger partial charge in [-0.1, -0.05) is 6.07 Å². The van der Waals surface area contributed by atoms with Gasteiger partial charge in [-0.05, 0) is 30.4 Å². The van der Waals surface area contributed by atoms with E-state index in [0.29, 0.717) is 12.5 Å². The summed E-state index contributed by atoms with van der Waals surface area (Å²) in [6, 6.07) is 4.22. The second-order valence-corrected chi connectivity index (χ2v) is 8.21. The van der Waals surface area contributed by atoms with E-state index < -0.39 is 0 Å². The van der Waals surface area contributed by atoms with Gasteiger partial charge in [0, 0.05) is 44.2 Å². The summed E-state index contributed by atoms with van der Waals surface area (Å²) in [5.41, 5.74) is 1.30. The van der Waals surface area contributed by atoms with E-state index in [1.54, 1.807) is 11.3 Å². The average Bonchev–Trinajstić information content (AvgIpc) is 3.46. The zero-order chi connectivity index (χ0) is 19.5. The Hall–Kier alpha value is -2.68. The number of aryl methyl sites for hydroxylation is 2. The molecule has 0 bridgehead atoms.